The molecule has 1 aliphatic rings. The van der Waals surface area contributed by atoms with Gasteiger partial charge in [-0.2, -0.15) is 18.2 Å². The molecule has 0 amide bonds. The van der Waals surface area contributed by atoms with Crippen molar-refractivity contribution in [3.05, 3.63) is 80.6 Å². The van der Waals surface area contributed by atoms with E-state index in [0.29, 0.717) is 21.3 Å². The quantitative estimate of drug-likeness (QED) is 0.502. The van der Waals surface area contributed by atoms with Crippen LogP contribution in [0, 0.1) is 0 Å². The second kappa shape index (κ2) is 6.99. The molecular weight excluding hydrogens is 436 g/mol. The average Bonchev–Trinajstić information content (AvgIpc) is 3.08. The molecule has 0 unspecified atom stereocenters. The van der Waals surface area contributed by atoms with Gasteiger partial charge in [0, 0.05) is 10.7 Å². The number of rotatable bonds is 2. The van der Waals surface area contributed by atoms with Gasteiger partial charge < -0.3 is 5.32 Å². The van der Waals surface area contributed by atoms with E-state index in [1.165, 1.54) is 4.68 Å². The molecule has 1 aromatic heterocycles. The Kier molecular flexibility index (Phi) is 4.77. The fourth-order valence-corrected chi connectivity index (χ4v) is 3.28. The summed E-state index contributed by atoms with van der Waals surface area (Å²) in [6.45, 7) is 0. The molecule has 10 heteroatoms. The van der Waals surface area contributed by atoms with Crippen molar-refractivity contribution in [3.8, 4) is 0 Å². The predicted molar refractivity (Wildman–Crippen MR) is 103 cm³/mol. The van der Waals surface area contributed by atoms with Crippen molar-refractivity contribution < 1.29 is 13.2 Å². The number of aromatic nitrogens is 3. The first-order chi connectivity index (χ1) is 13.2. The molecule has 4 nitrogen and oxygen atoms in total. The summed E-state index contributed by atoms with van der Waals surface area (Å²) >= 11 is 18.0. The third-order valence-electron chi connectivity index (χ3n) is 4.16. The fraction of sp³-hybridized carbons (Fsp3) is 0.111. The Balaban J connectivity index is 1.85. The third-order valence-corrected chi connectivity index (χ3v) is 5.15. The number of nitrogens with zero attached hydrogens (tertiary/aromatic N) is 3. The lowest BCUT2D eigenvalue weighted by Gasteiger charge is -2.24. The smallest absolute Gasteiger partial charge is 0.324 e. The predicted octanol–water partition coefficient (Wildman–Crippen LogP) is 6.31. The van der Waals surface area contributed by atoms with Crippen LogP contribution in [-0.4, -0.2) is 14.8 Å². The molecule has 0 radical (unpaired) electrons. The Morgan fingerprint density at radius 1 is 0.964 bits per heavy atom. The molecule has 0 bridgehead atoms. The van der Waals surface area contributed by atoms with Gasteiger partial charge in [-0.1, -0.05) is 53.0 Å². The van der Waals surface area contributed by atoms with Crippen LogP contribution in [0.1, 0.15) is 23.0 Å². The maximum Gasteiger partial charge on any atom is 0.453 e. The van der Waals surface area contributed by atoms with E-state index in [2.05, 4.69) is 15.4 Å². The monoisotopic (exact) mass is 444 g/mol. The molecule has 0 spiro atoms. The summed E-state index contributed by atoms with van der Waals surface area (Å²) < 4.78 is 40.6. The average molecular weight is 446 g/mol. The van der Waals surface area contributed by atoms with Gasteiger partial charge >= 0.3 is 6.18 Å². The number of alkyl halides is 3. The number of anilines is 1. The Hall–Kier alpha value is -2.22. The van der Waals surface area contributed by atoms with E-state index in [9.17, 15) is 13.2 Å². The maximum absolute atomic E-state index is 13.1. The van der Waals surface area contributed by atoms with Gasteiger partial charge in [0.25, 0.3) is 5.82 Å². The van der Waals surface area contributed by atoms with Crippen LogP contribution >= 0.6 is 34.8 Å². The van der Waals surface area contributed by atoms with E-state index in [4.69, 9.17) is 34.8 Å². The summed E-state index contributed by atoms with van der Waals surface area (Å²) in [4.78, 5) is 3.62. The molecule has 0 saturated carbocycles. The van der Waals surface area contributed by atoms with Crippen molar-refractivity contribution in [2.45, 2.75) is 12.2 Å². The Bertz CT molecular complexity index is 1070. The van der Waals surface area contributed by atoms with Crippen LogP contribution in [0.2, 0.25) is 15.1 Å². The van der Waals surface area contributed by atoms with E-state index in [1.807, 2.05) is 0 Å². The summed E-state index contributed by atoms with van der Waals surface area (Å²) in [6, 6.07) is 11.1. The zero-order valence-corrected chi connectivity index (χ0v) is 16.1. The van der Waals surface area contributed by atoms with E-state index in [1.54, 1.807) is 48.5 Å². The number of benzene rings is 2. The van der Waals surface area contributed by atoms with Gasteiger partial charge in [0.15, 0.2) is 0 Å². The molecular formula is C18H10Cl3F3N4. The molecule has 3 aromatic rings. The van der Waals surface area contributed by atoms with E-state index >= 15 is 0 Å². The van der Waals surface area contributed by atoms with E-state index in [0.717, 1.165) is 5.56 Å². The molecule has 4 rings (SSSR count). The topological polar surface area (TPSA) is 42.7 Å². The number of allylic oxidation sites excluding steroid dienone is 1. The van der Waals surface area contributed by atoms with Crippen LogP contribution in [0.3, 0.4) is 0 Å². The van der Waals surface area contributed by atoms with E-state index in [-0.39, 0.29) is 11.0 Å². The van der Waals surface area contributed by atoms with E-state index < -0.39 is 18.0 Å². The van der Waals surface area contributed by atoms with Gasteiger partial charge in [-0.15, -0.1) is 5.10 Å². The molecule has 0 aliphatic carbocycles. The van der Waals surface area contributed by atoms with Crippen molar-refractivity contribution in [1.82, 2.24) is 14.8 Å². The highest BCUT2D eigenvalue weighted by atomic mass is 35.5. The number of nitrogens with one attached hydrogen (secondary N) is 1. The highest BCUT2D eigenvalue weighted by Gasteiger charge is 2.39. The zero-order valence-electron chi connectivity index (χ0n) is 13.8. The van der Waals surface area contributed by atoms with Crippen LogP contribution < -0.4 is 5.32 Å². The lowest BCUT2D eigenvalue weighted by Crippen LogP contribution is -2.20. The lowest BCUT2D eigenvalue weighted by atomic mass is 10.0. The van der Waals surface area contributed by atoms with Crippen LogP contribution in [0.5, 0.6) is 0 Å². The number of fused-ring (bicyclic) bond motifs is 1. The number of halogens is 6. The minimum absolute atomic E-state index is 0.0316. The number of hydrogen-bond acceptors (Lipinski definition) is 3. The molecule has 1 N–H and O–H groups in total. The second-order valence-electron chi connectivity index (χ2n) is 6.03. The fourth-order valence-electron chi connectivity index (χ4n) is 2.84. The molecule has 1 atom stereocenters. The molecule has 0 saturated heterocycles. The molecule has 1 aliphatic heterocycles. The first kappa shape index (κ1) is 19.1. The SMILES string of the molecule is FC(F)(F)c1nc2n(n1)[C@H](c1ccc(Cl)c(Cl)c1)C=C(c1ccc(Cl)cc1)N2. The van der Waals surface area contributed by atoms with Crippen molar-refractivity contribution in [2.24, 2.45) is 0 Å². The largest absolute Gasteiger partial charge is 0.453 e. The van der Waals surface area contributed by atoms with Crippen LogP contribution in [0.15, 0.2) is 48.5 Å². The summed E-state index contributed by atoms with van der Waals surface area (Å²) in [5.41, 5.74) is 1.92. The minimum atomic E-state index is -4.67. The summed E-state index contributed by atoms with van der Waals surface area (Å²) in [7, 11) is 0. The summed E-state index contributed by atoms with van der Waals surface area (Å²) in [6.07, 6.45) is -2.93. The first-order valence-electron chi connectivity index (χ1n) is 7.96. The van der Waals surface area contributed by atoms with Gasteiger partial charge in [0.2, 0.25) is 5.95 Å². The molecule has 0 fully saturated rings. The summed E-state index contributed by atoms with van der Waals surface area (Å²) in [5, 5.41) is 7.73. The van der Waals surface area contributed by atoms with Crippen molar-refractivity contribution in [3.63, 3.8) is 0 Å². The van der Waals surface area contributed by atoms with Crippen LogP contribution in [0.25, 0.3) is 5.70 Å². The normalized spacial score (nSPS) is 16.4. The van der Waals surface area contributed by atoms with Crippen LogP contribution in [-0.2, 0) is 6.18 Å². The van der Waals surface area contributed by atoms with Gasteiger partial charge in [-0.3, -0.25) is 0 Å². The highest BCUT2D eigenvalue weighted by Crippen LogP contribution is 2.37. The Morgan fingerprint density at radius 2 is 1.68 bits per heavy atom. The Labute approximate surface area is 172 Å². The van der Waals surface area contributed by atoms with Crippen molar-refractivity contribution in [1.29, 1.82) is 0 Å². The van der Waals surface area contributed by atoms with Gasteiger partial charge in [-0.05, 0) is 41.5 Å². The van der Waals surface area contributed by atoms with Gasteiger partial charge in [0.05, 0.1) is 10.0 Å². The van der Waals surface area contributed by atoms with Crippen molar-refractivity contribution >= 4 is 46.4 Å². The van der Waals surface area contributed by atoms with Crippen LogP contribution in [0.4, 0.5) is 19.1 Å². The molecule has 2 heterocycles. The Morgan fingerprint density at radius 3 is 2.32 bits per heavy atom. The lowest BCUT2D eigenvalue weighted by molar-refractivity contribution is -0.145. The van der Waals surface area contributed by atoms with Gasteiger partial charge in [0.1, 0.15) is 6.04 Å². The molecule has 28 heavy (non-hydrogen) atoms. The zero-order chi connectivity index (χ0) is 20.1. The van der Waals surface area contributed by atoms with Crippen molar-refractivity contribution in [2.75, 3.05) is 5.32 Å². The van der Waals surface area contributed by atoms with Gasteiger partial charge in [-0.25, -0.2) is 4.68 Å². The third kappa shape index (κ3) is 3.57. The number of hydrogen-bond donors (Lipinski definition) is 1. The minimum Gasteiger partial charge on any atom is -0.324 e. The maximum atomic E-state index is 13.1. The first-order valence-corrected chi connectivity index (χ1v) is 9.09. The molecule has 2 aromatic carbocycles. The molecule has 144 valence electrons. The highest BCUT2D eigenvalue weighted by molar-refractivity contribution is 6.42. The standard InChI is InChI=1S/C18H10Cl3F3N4/c19-11-4-1-9(2-5-11)14-8-15(10-3-6-12(20)13(21)7-10)28-17(25-14)26-16(27-28)18(22,23)24/h1-8,15H,(H,25,26,27)/t15-/m0/s1. The summed E-state index contributed by atoms with van der Waals surface area (Å²) in [5.74, 6) is -1.26. The second-order valence-corrected chi connectivity index (χ2v) is 7.28.